The Morgan fingerprint density at radius 3 is 2.59 bits per heavy atom. The van der Waals surface area contributed by atoms with Gasteiger partial charge in [-0.3, -0.25) is 4.98 Å². The van der Waals surface area contributed by atoms with Gasteiger partial charge in [0.2, 0.25) is 0 Å². The van der Waals surface area contributed by atoms with Gasteiger partial charge in [-0.05, 0) is 23.6 Å². The quantitative estimate of drug-likeness (QED) is 0.736. The zero-order valence-corrected chi connectivity index (χ0v) is 13.9. The highest BCUT2D eigenvalue weighted by atomic mass is 35.5. The topological polar surface area (TPSA) is 24.9 Å². The SMILES string of the molecule is C=C1NC(c2ncc(Cl)cc2Cl)=C(c2ccccc2)CC1Cl. The molecule has 0 bridgehead atoms. The average Bonchev–Trinajstić information content (AvgIpc) is 2.51. The highest BCUT2D eigenvalue weighted by Gasteiger charge is 2.26. The fourth-order valence-corrected chi connectivity index (χ4v) is 3.10. The van der Waals surface area contributed by atoms with E-state index >= 15 is 0 Å². The fraction of sp³-hybridized carbons (Fsp3) is 0.118. The molecule has 0 aliphatic carbocycles. The van der Waals surface area contributed by atoms with Crippen LogP contribution in [0.3, 0.4) is 0 Å². The standard InChI is InChI=1S/C17H13Cl3N2/c1-10-14(19)8-13(11-5-3-2-4-6-11)16(22-10)17-15(20)7-12(18)9-21-17/h2-7,9,14,22H,1,8H2. The van der Waals surface area contributed by atoms with Gasteiger partial charge in [0.25, 0.3) is 0 Å². The van der Waals surface area contributed by atoms with Crippen LogP contribution in [-0.4, -0.2) is 10.4 Å². The molecule has 1 atom stereocenters. The van der Waals surface area contributed by atoms with Gasteiger partial charge in [0.15, 0.2) is 0 Å². The zero-order valence-electron chi connectivity index (χ0n) is 11.6. The van der Waals surface area contributed by atoms with Crippen LogP contribution in [0.25, 0.3) is 11.3 Å². The van der Waals surface area contributed by atoms with Crippen molar-refractivity contribution in [3.63, 3.8) is 0 Å². The first kappa shape index (κ1) is 15.4. The number of alkyl halides is 1. The molecule has 112 valence electrons. The first-order chi connectivity index (χ1) is 10.6. The molecule has 3 rings (SSSR count). The summed E-state index contributed by atoms with van der Waals surface area (Å²) in [7, 11) is 0. The highest BCUT2D eigenvalue weighted by molar-refractivity contribution is 6.35. The molecule has 2 nitrogen and oxygen atoms in total. The lowest BCUT2D eigenvalue weighted by atomic mass is 9.93. The minimum Gasteiger partial charge on any atom is -0.356 e. The van der Waals surface area contributed by atoms with Gasteiger partial charge < -0.3 is 5.32 Å². The lowest BCUT2D eigenvalue weighted by molar-refractivity contribution is 0.876. The van der Waals surface area contributed by atoms with E-state index in [1.54, 1.807) is 12.3 Å². The van der Waals surface area contributed by atoms with E-state index in [1.165, 1.54) is 0 Å². The number of halogens is 3. The fourth-order valence-electron chi connectivity index (χ4n) is 2.42. The van der Waals surface area contributed by atoms with Crippen LogP contribution in [0.5, 0.6) is 0 Å². The van der Waals surface area contributed by atoms with Crippen LogP contribution in [-0.2, 0) is 0 Å². The number of rotatable bonds is 2. The predicted molar refractivity (Wildman–Crippen MR) is 94.0 cm³/mol. The molecule has 2 aromatic rings. The first-order valence-corrected chi connectivity index (χ1v) is 7.95. The number of allylic oxidation sites excluding steroid dienone is 2. The van der Waals surface area contributed by atoms with E-state index in [1.807, 2.05) is 30.3 Å². The summed E-state index contributed by atoms with van der Waals surface area (Å²) < 4.78 is 0. The molecule has 5 heteroatoms. The largest absolute Gasteiger partial charge is 0.356 e. The van der Waals surface area contributed by atoms with Crippen LogP contribution in [0.1, 0.15) is 17.7 Å². The number of pyridine rings is 1. The third-order valence-electron chi connectivity index (χ3n) is 3.52. The lowest BCUT2D eigenvalue weighted by Gasteiger charge is -2.28. The number of benzene rings is 1. The number of nitrogens with zero attached hydrogens (tertiary/aromatic N) is 1. The normalized spacial score (nSPS) is 18.3. The third kappa shape index (κ3) is 3.00. The maximum Gasteiger partial charge on any atom is 0.105 e. The van der Waals surface area contributed by atoms with Crippen LogP contribution in [0.15, 0.2) is 54.9 Å². The van der Waals surface area contributed by atoms with Gasteiger partial charge in [-0.25, -0.2) is 0 Å². The second-order valence-electron chi connectivity index (χ2n) is 5.03. The Kier molecular flexibility index (Phi) is 4.44. The van der Waals surface area contributed by atoms with Gasteiger partial charge in [-0.1, -0.05) is 60.1 Å². The van der Waals surface area contributed by atoms with Gasteiger partial charge in [-0.2, -0.15) is 0 Å². The molecule has 2 heterocycles. The van der Waals surface area contributed by atoms with Crippen LogP contribution in [0.2, 0.25) is 10.0 Å². The van der Waals surface area contributed by atoms with Gasteiger partial charge in [-0.15, -0.1) is 11.6 Å². The molecular weight excluding hydrogens is 339 g/mol. The van der Waals surface area contributed by atoms with Crippen LogP contribution < -0.4 is 5.32 Å². The van der Waals surface area contributed by atoms with E-state index in [0.717, 1.165) is 22.5 Å². The molecule has 1 N–H and O–H groups in total. The number of nitrogens with one attached hydrogen (secondary N) is 1. The summed E-state index contributed by atoms with van der Waals surface area (Å²) in [5.41, 5.74) is 4.36. The highest BCUT2D eigenvalue weighted by Crippen LogP contribution is 2.37. The van der Waals surface area contributed by atoms with Crippen molar-refractivity contribution in [2.24, 2.45) is 0 Å². The van der Waals surface area contributed by atoms with E-state index < -0.39 is 0 Å². The van der Waals surface area contributed by atoms with Gasteiger partial charge in [0.05, 0.1) is 21.1 Å². The molecule has 0 amide bonds. The molecule has 0 radical (unpaired) electrons. The van der Waals surface area contributed by atoms with E-state index in [2.05, 4.69) is 16.9 Å². The maximum atomic E-state index is 6.36. The molecular formula is C17H13Cl3N2. The van der Waals surface area contributed by atoms with Crippen LogP contribution in [0, 0.1) is 0 Å². The van der Waals surface area contributed by atoms with Crippen molar-refractivity contribution >= 4 is 46.1 Å². The van der Waals surface area contributed by atoms with Crippen LogP contribution >= 0.6 is 34.8 Å². The average molecular weight is 352 g/mol. The Morgan fingerprint density at radius 2 is 1.91 bits per heavy atom. The smallest absolute Gasteiger partial charge is 0.105 e. The number of aromatic nitrogens is 1. The summed E-state index contributed by atoms with van der Waals surface area (Å²) in [6.45, 7) is 3.97. The second kappa shape index (κ2) is 6.33. The molecule has 1 unspecified atom stereocenters. The number of hydrogen-bond acceptors (Lipinski definition) is 2. The maximum absolute atomic E-state index is 6.36. The first-order valence-electron chi connectivity index (χ1n) is 6.76. The van der Waals surface area contributed by atoms with Gasteiger partial charge >= 0.3 is 0 Å². The van der Waals surface area contributed by atoms with Gasteiger partial charge in [0.1, 0.15) is 5.69 Å². The van der Waals surface area contributed by atoms with E-state index in [9.17, 15) is 0 Å². The van der Waals surface area contributed by atoms with E-state index in [0.29, 0.717) is 22.2 Å². The Labute approximate surface area is 144 Å². The van der Waals surface area contributed by atoms with Crippen molar-refractivity contribution in [3.8, 4) is 0 Å². The van der Waals surface area contributed by atoms with Crippen molar-refractivity contribution in [3.05, 3.63) is 76.2 Å². The molecule has 0 spiro atoms. The summed E-state index contributed by atoms with van der Waals surface area (Å²) in [6.07, 6.45) is 2.24. The number of hydrogen-bond donors (Lipinski definition) is 1. The zero-order chi connectivity index (χ0) is 15.7. The summed E-state index contributed by atoms with van der Waals surface area (Å²) >= 11 is 18.6. The van der Waals surface area contributed by atoms with E-state index in [-0.39, 0.29) is 5.38 Å². The molecule has 0 fully saturated rings. The van der Waals surface area contributed by atoms with E-state index in [4.69, 9.17) is 34.8 Å². The van der Waals surface area contributed by atoms with Crippen molar-refractivity contribution in [2.75, 3.05) is 0 Å². The molecule has 22 heavy (non-hydrogen) atoms. The lowest BCUT2D eigenvalue weighted by Crippen LogP contribution is -2.26. The monoisotopic (exact) mass is 350 g/mol. The minimum atomic E-state index is -0.176. The van der Waals surface area contributed by atoms with Crippen molar-refractivity contribution in [2.45, 2.75) is 11.8 Å². The Balaban J connectivity index is 2.19. The van der Waals surface area contributed by atoms with Crippen molar-refractivity contribution < 1.29 is 0 Å². The second-order valence-corrected chi connectivity index (χ2v) is 6.40. The van der Waals surface area contributed by atoms with Gasteiger partial charge in [0, 0.05) is 11.9 Å². The summed E-state index contributed by atoms with van der Waals surface area (Å²) in [4.78, 5) is 4.37. The molecule has 1 aliphatic rings. The van der Waals surface area contributed by atoms with Crippen molar-refractivity contribution in [1.29, 1.82) is 0 Å². The molecule has 0 saturated heterocycles. The van der Waals surface area contributed by atoms with Crippen molar-refractivity contribution in [1.82, 2.24) is 10.3 Å². The summed E-state index contributed by atoms with van der Waals surface area (Å²) in [5, 5.41) is 4.07. The molecule has 1 aromatic carbocycles. The Bertz CT molecular complexity index is 754. The Morgan fingerprint density at radius 1 is 1.18 bits per heavy atom. The molecule has 1 aliphatic heterocycles. The Hall–Kier alpha value is -1.48. The summed E-state index contributed by atoms with van der Waals surface area (Å²) in [5.74, 6) is 0. The third-order valence-corrected chi connectivity index (χ3v) is 4.43. The minimum absolute atomic E-state index is 0.176. The van der Waals surface area contributed by atoms with Crippen LogP contribution in [0.4, 0.5) is 0 Å². The summed E-state index contributed by atoms with van der Waals surface area (Å²) in [6, 6.07) is 11.7. The molecule has 0 saturated carbocycles. The molecule has 1 aromatic heterocycles. The predicted octanol–water partition coefficient (Wildman–Crippen LogP) is 5.37.